The smallest absolute Gasteiger partial charge is 0.272 e. The maximum absolute atomic E-state index is 13.2. The Bertz CT molecular complexity index is 1690. The number of hydrogen-bond donors (Lipinski definition) is 1. The zero-order chi connectivity index (χ0) is 27.9. The number of carbonyl (C=O) groups excluding carboxylic acids is 1. The van der Waals surface area contributed by atoms with Crippen LogP contribution in [0.1, 0.15) is 28.4 Å². The largest absolute Gasteiger partial charge is 0.490 e. The Kier molecular flexibility index (Phi) is 8.59. The fraction of sp³-hybridized carbons (Fsp3) is 0.0938. The van der Waals surface area contributed by atoms with Gasteiger partial charge >= 0.3 is 0 Å². The van der Waals surface area contributed by atoms with Crippen molar-refractivity contribution in [2.75, 3.05) is 6.61 Å². The van der Waals surface area contributed by atoms with Crippen molar-refractivity contribution in [2.45, 2.75) is 13.5 Å². The molecular formula is C32H25Cl2N3O3. The van der Waals surface area contributed by atoms with Gasteiger partial charge in [0.25, 0.3) is 5.91 Å². The van der Waals surface area contributed by atoms with E-state index in [4.69, 9.17) is 37.7 Å². The summed E-state index contributed by atoms with van der Waals surface area (Å²) in [5, 5.41) is 5.87. The summed E-state index contributed by atoms with van der Waals surface area (Å²) in [4.78, 5) is 18.0. The second kappa shape index (κ2) is 12.6. The third kappa shape index (κ3) is 6.25. The van der Waals surface area contributed by atoms with Crippen molar-refractivity contribution in [1.29, 1.82) is 0 Å². The molecule has 1 amide bonds. The Morgan fingerprint density at radius 3 is 2.45 bits per heavy atom. The fourth-order valence-corrected chi connectivity index (χ4v) is 4.64. The van der Waals surface area contributed by atoms with Crippen molar-refractivity contribution >= 4 is 46.2 Å². The van der Waals surface area contributed by atoms with E-state index in [1.165, 1.54) is 6.21 Å². The molecule has 0 radical (unpaired) electrons. The van der Waals surface area contributed by atoms with E-state index in [0.717, 1.165) is 22.0 Å². The van der Waals surface area contributed by atoms with E-state index in [9.17, 15) is 4.79 Å². The third-order valence-corrected chi connectivity index (χ3v) is 6.72. The second-order valence-corrected chi connectivity index (χ2v) is 9.59. The molecule has 0 atom stereocenters. The van der Waals surface area contributed by atoms with Gasteiger partial charge in [0.05, 0.1) is 34.6 Å². The van der Waals surface area contributed by atoms with E-state index in [2.05, 4.69) is 10.5 Å². The van der Waals surface area contributed by atoms with Gasteiger partial charge in [-0.15, -0.1) is 0 Å². The quantitative estimate of drug-likeness (QED) is 0.144. The maximum atomic E-state index is 13.2. The van der Waals surface area contributed by atoms with Crippen molar-refractivity contribution in [1.82, 2.24) is 10.4 Å². The number of rotatable bonds is 9. The normalized spacial score (nSPS) is 11.1. The molecule has 0 aliphatic heterocycles. The molecule has 0 spiro atoms. The molecule has 1 heterocycles. The number of pyridine rings is 1. The molecule has 0 bridgehead atoms. The number of para-hydroxylation sites is 1. The number of benzene rings is 4. The van der Waals surface area contributed by atoms with Gasteiger partial charge in [0.2, 0.25) is 0 Å². The molecular weight excluding hydrogens is 545 g/mol. The summed E-state index contributed by atoms with van der Waals surface area (Å²) >= 11 is 12.8. The molecule has 0 unspecified atom stereocenters. The Hall–Kier alpha value is -4.39. The maximum Gasteiger partial charge on any atom is 0.272 e. The summed E-state index contributed by atoms with van der Waals surface area (Å²) in [6, 6.07) is 29.9. The van der Waals surface area contributed by atoms with Crippen molar-refractivity contribution in [2.24, 2.45) is 5.10 Å². The number of nitrogens with one attached hydrogen (secondary N) is 1. The number of carbonyl (C=O) groups is 1. The number of aromatic nitrogens is 1. The van der Waals surface area contributed by atoms with Gasteiger partial charge in [0.1, 0.15) is 6.61 Å². The molecule has 1 N–H and O–H groups in total. The summed E-state index contributed by atoms with van der Waals surface area (Å²) in [6.45, 7) is 2.51. The van der Waals surface area contributed by atoms with Crippen LogP contribution in [0.15, 0.2) is 102 Å². The van der Waals surface area contributed by atoms with Crippen LogP contribution in [0.5, 0.6) is 11.5 Å². The molecule has 0 aliphatic carbocycles. The SMILES string of the molecule is CCOc1cc(/C=N/NC(=O)c2cc(-c3ccccc3)nc3ccccc23)cc(Cl)c1OCc1ccccc1Cl. The predicted octanol–water partition coefficient (Wildman–Crippen LogP) is 7.95. The van der Waals surface area contributed by atoms with Crippen LogP contribution in [0.3, 0.4) is 0 Å². The first-order valence-corrected chi connectivity index (χ1v) is 13.4. The molecule has 5 rings (SSSR count). The highest BCUT2D eigenvalue weighted by Gasteiger charge is 2.15. The monoisotopic (exact) mass is 569 g/mol. The van der Waals surface area contributed by atoms with Gasteiger partial charge in [0, 0.05) is 21.5 Å². The summed E-state index contributed by atoms with van der Waals surface area (Å²) in [5.74, 6) is 0.506. The number of fused-ring (bicyclic) bond motifs is 1. The van der Waals surface area contributed by atoms with Gasteiger partial charge in [-0.1, -0.05) is 89.9 Å². The summed E-state index contributed by atoms with van der Waals surface area (Å²) in [6.07, 6.45) is 1.51. The van der Waals surface area contributed by atoms with Gasteiger partial charge < -0.3 is 9.47 Å². The van der Waals surface area contributed by atoms with Crippen molar-refractivity contribution < 1.29 is 14.3 Å². The zero-order valence-corrected chi connectivity index (χ0v) is 23.1. The minimum atomic E-state index is -0.358. The van der Waals surface area contributed by atoms with Crippen LogP contribution in [-0.4, -0.2) is 23.7 Å². The van der Waals surface area contributed by atoms with Gasteiger partial charge in [-0.2, -0.15) is 5.10 Å². The van der Waals surface area contributed by atoms with E-state index in [0.29, 0.717) is 45.0 Å². The first kappa shape index (κ1) is 27.2. The highest BCUT2D eigenvalue weighted by molar-refractivity contribution is 6.32. The zero-order valence-electron chi connectivity index (χ0n) is 21.6. The molecule has 4 aromatic carbocycles. The van der Waals surface area contributed by atoms with E-state index >= 15 is 0 Å². The highest BCUT2D eigenvalue weighted by atomic mass is 35.5. The topological polar surface area (TPSA) is 72.8 Å². The molecule has 8 heteroatoms. The minimum Gasteiger partial charge on any atom is -0.490 e. The Morgan fingerprint density at radius 1 is 0.900 bits per heavy atom. The summed E-state index contributed by atoms with van der Waals surface area (Å²) in [5.41, 5.74) is 6.90. The summed E-state index contributed by atoms with van der Waals surface area (Å²) in [7, 11) is 0. The van der Waals surface area contributed by atoms with E-state index in [1.54, 1.807) is 24.3 Å². The lowest BCUT2D eigenvalue weighted by Gasteiger charge is -2.15. The predicted molar refractivity (Wildman–Crippen MR) is 161 cm³/mol. The Morgan fingerprint density at radius 2 is 1.65 bits per heavy atom. The van der Waals surface area contributed by atoms with Gasteiger partial charge in [0.15, 0.2) is 11.5 Å². The van der Waals surface area contributed by atoms with Crippen molar-refractivity contribution in [3.63, 3.8) is 0 Å². The number of nitrogens with zero attached hydrogens (tertiary/aromatic N) is 2. The van der Waals surface area contributed by atoms with Crippen LogP contribution in [0.2, 0.25) is 10.0 Å². The van der Waals surface area contributed by atoms with E-state index in [1.807, 2.05) is 79.7 Å². The number of ether oxygens (including phenoxy) is 2. The molecule has 40 heavy (non-hydrogen) atoms. The molecule has 1 aromatic heterocycles. The number of hydrogen-bond acceptors (Lipinski definition) is 5. The van der Waals surface area contributed by atoms with Crippen LogP contribution in [0.4, 0.5) is 0 Å². The van der Waals surface area contributed by atoms with E-state index < -0.39 is 0 Å². The lowest BCUT2D eigenvalue weighted by atomic mass is 10.0. The first-order chi connectivity index (χ1) is 19.5. The van der Waals surface area contributed by atoms with Crippen LogP contribution < -0.4 is 14.9 Å². The number of halogens is 2. The Labute approximate surface area is 242 Å². The third-order valence-electron chi connectivity index (χ3n) is 6.07. The number of amides is 1. The van der Waals surface area contributed by atoms with Gasteiger partial charge in [-0.05, 0) is 42.8 Å². The summed E-state index contributed by atoms with van der Waals surface area (Å²) < 4.78 is 11.7. The average molecular weight is 570 g/mol. The van der Waals surface area contributed by atoms with Crippen LogP contribution >= 0.6 is 23.2 Å². The molecule has 200 valence electrons. The lowest BCUT2D eigenvalue weighted by Crippen LogP contribution is -2.18. The fourth-order valence-electron chi connectivity index (χ4n) is 4.18. The minimum absolute atomic E-state index is 0.230. The molecule has 0 fully saturated rings. The van der Waals surface area contributed by atoms with Crippen LogP contribution in [0.25, 0.3) is 22.2 Å². The lowest BCUT2D eigenvalue weighted by molar-refractivity contribution is 0.0956. The van der Waals surface area contributed by atoms with Crippen LogP contribution in [-0.2, 0) is 6.61 Å². The molecule has 0 saturated heterocycles. The van der Waals surface area contributed by atoms with E-state index in [-0.39, 0.29) is 12.5 Å². The molecule has 5 aromatic rings. The van der Waals surface area contributed by atoms with Crippen molar-refractivity contribution in [3.8, 4) is 22.8 Å². The second-order valence-electron chi connectivity index (χ2n) is 8.78. The average Bonchev–Trinajstić information content (AvgIpc) is 2.97. The number of hydrazone groups is 1. The van der Waals surface area contributed by atoms with Crippen LogP contribution in [0, 0.1) is 0 Å². The molecule has 6 nitrogen and oxygen atoms in total. The first-order valence-electron chi connectivity index (χ1n) is 12.6. The standard InChI is InChI=1S/C32H25Cl2N3O3/c1-2-39-30-17-21(16-27(34)31(30)40-20-23-12-6-8-14-26(23)33)19-35-37-32(38)25-18-29(22-10-4-3-5-11-22)36-28-15-9-7-13-24(25)28/h3-19H,2,20H2,1H3,(H,37,38)/b35-19+. The van der Waals surface area contributed by atoms with Gasteiger partial charge in [-0.25, -0.2) is 10.4 Å². The molecule has 0 aliphatic rings. The Balaban J connectivity index is 1.37. The van der Waals surface area contributed by atoms with Gasteiger partial charge in [-0.3, -0.25) is 4.79 Å². The highest BCUT2D eigenvalue weighted by Crippen LogP contribution is 2.37. The molecule has 0 saturated carbocycles. The van der Waals surface area contributed by atoms with Crippen molar-refractivity contribution in [3.05, 3.63) is 124 Å².